The molecule has 0 spiro atoms. The van der Waals surface area contributed by atoms with Gasteiger partial charge in [-0.15, -0.1) is 0 Å². The predicted octanol–water partition coefficient (Wildman–Crippen LogP) is 2.71. The van der Waals surface area contributed by atoms with E-state index < -0.39 is 0 Å². The standard InChI is InChI=1S/C11H14O3/c1-2-3-9-11(12)14-13-10-7-5-4-6-8-10/h4-8H,2-3,9H2,1H3. The lowest BCUT2D eigenvalue weighted by Crippen LogP contribution is -2.07. The molecule has 1 aromatic rings. The van der Waals surface area contributed by atoms with Gasteiger partial charge in [-0.2, -0.15) is 0 Å². The Labute approximate surface area is 83.6 Å². The molecule has 0 amide bonds. The van der Waals surface area contributed by atoms with Crippen LogP contribution >= 0.6 is 0 Å². The second-order valence-electron chi connectivity index (χ2n) is 2.96. The number of carbonyl (C=O) groups is 1. The van der Waals surface area contributed by atoms with Crippen LogP contribution < -0.4 is 4.89 Å². The maximum atomic E-state index is 11.0. The second-order valence-corrected chi connectivity index (χ2v) is 2.96. The Morgan fingerprint density at radius 3 is 2.64 bits per heavy atom. The third-order valence-electron chi connectivity index (χ3n) is 1.71. The van der Waals surface area contributed by atoms with Crippen molar-refractivity contribution < 1.29 is 14.6 Å². The fourth-order valence-electron chi connectivity index (χ4n) is 0.933. The number of hydrogen-bond acceptors (Lipinski definition) is 3. The van der Waals surface area contributed by atoms with Crippen LogP contribution in [0.5, 0.6) is 5.75 Å². The summed E-state index contributed by atoms with van der Waals surface area (Å²) in [6, 6.07) is 8.95. The molecular formula is C11H14O3. The number of rotatable bonds is 5. The number of carbonyl (C=O) groups excluding carboxylic acids is 1. The van der Waals surface area contributed by atoms with Gasteiger partial charge in [0, 0.05) is 0 Å². The molecule has 0 aromatic heterocycles. The van der Waals surface area contributed by atoms with Gasteiger partial charge in [0.05, 0.1) is 6.42 Å². The van der Waals surface area contributed by atoms with Gasteiger partial charge in [0.2, 0.25) is 0 Å². The fourth-order valence-corrected chi connectivity index (χ4v) is 0.933. The summed E-state index contributed by atoms with van der Waals surface area (Å²) in [6.07, 6.45) is 2.21. The summed E-state index contributed by atoms with van der Waals surface area (Å²) < 4.78 is 0. The fraction of sp³-hybridized carbons (Fsp3) is 0.364. The quantitative estimate of drug-likeness (QED) is 0.534. The zero-order chi connectivity index (χ0) is 10.2. The van der Waals surface area contributed by atoms with E-state index in [-0.39, 0.29) is 5.97 Å². The molecule has 0 saturated heterocycles. The molecule has 14 heavy (non-hydrogen) atoms. The van der Waals surface area contributed by atoms with Crippen molar-refractivity contribution >= 4 is 5.97 Å². The normalized spacial score (nSPS) is 9.50. The van der Waals surface area contributed by atoms with Crippen molar-refractivity contribution in [3.63, 3.8) is 0 Å². The summed E-state index contributed by atoms with van der Waals surface area (Å²) in [4.78, 5) is 20.4. The highest BCUT2D eigenvalue weighted by Crippen LogP contribution is 2.09. The summed E-state index contributed by atoms with van der Waals surface area (Å²) >= 11 is 0. The lowest BCUT2D eigenvalue weighted by atomic mass is 10.3. The third-order valence-corrected chi connectivity index (χ3v) is 1.71. The van der Waals surface area contributed by atoms with Crippen LogP contribution in [-0.4, -0.2) is 5.97 Å². The van der Waals surface area contributed by atoms with Crippen LogP contribution in [0.2, 0.25) is 0 Å². The van der Waals surface area contributed by atoms with Crippen molar-refractivity contribution in [3.05, 3.63) is 30.3 Å². The lowest BCUT2D eigenvalue weighted by molar-refractivity contribution is -0.213. The molecule has 0 saturated carbocycles. The molecule has 0 atom stereocenters. The van der Waals surface area contributed by atoms with E-state index in [9.17, 15) is 4.79 Å². The molecule has 0 aliphatic rings. The first-order chi connectivity index (χ1) is 6.83. The molecule has 3 nitrogen and oxygen atoms in total. The Bertz CT molecular complexity index is 269. The minimum atomic E-state index is -0.323. The predicted molar refractivity (Wildman–Crippen MR) is 52.7 cm³/mol. The minimum absolute atomic E-state index is 0.323. The van der Waals surface area contributed by atoms with Crippen LogP contribution in [0, 0.1) is 0 Å². The van der Waals surface area contributed by atoms with Gasteiger partial charge in [-0.05, 0) is 18.6 Å². The maximum Gasteiger partial charge on any atom is 0.355 e. The molecule has 0 N–H and O–H groups in total. The summed E-state index contributed by atoms with van der Waals surface area (Å²) in [7, 11) is 0. The first-order valence-electron chi connectivity index (χ1n) is 4.75. The van der Waals surface area contributed by atoms with Gasteiger partial charge in [-0.1, -0.05) is 31.5 Å². The van der Waals surface area contributed by atoms with Gasteiger partial charge in [0.25, 0.3) is 0 Å². The maximum absolute atomic E-state index is 11.0. The number of para-hydroxylation sites is 1. The first-order valence-corrected chi connectivity index (χ1v) is 4.75. The van der Waals surface area contributed by atoms with E-state index in [1.54, 1.807) is 12.1 Å². The van der Waals surface area contributed by atoms with Crippen molar-refractivity contribution in [2.24, 2.45) is 0 Å². The topological polar surface area (TPSA) is 35.5 Å². The number of unbranched alkanes of at least 4 members (excludes halogenated alkanes) is 1. The Morgan fingerprint density at radius 1 is 1.29 bits per heavy atom. The molecule has 3 heteroatoms. The lowest BCUT2D eigenvalue weighted by Gasteiger charge is -2.02. The molecule has 76 valence electrons. The van der Waals surface area contributed by atoms with E-state index in [1.165, 1.54) is 0 Å². The van der Waals surface area contributed by atoms with E-state index >= 15 is 0 Å². The molecule has 0 unspecified atom stereocenters. The molecule has 0 aliphatic heterocycles. The van der Waals surface area contributed by atoms with E-state index in [0.717, 1.165) is 12.8 Å². The van der Waals surface area contributed by atoms with Crippen molar-refractivity contribution in [2.45, 2.75) is 26.2 Å². The highest BCUT2D eigenvalue weighted by Gasteiger charge is 2.03. The smallest absolute Gasteiger partial charge is 0.287 e. The van der Waals surface area contributed by atoms with Gasteiger partial charge in [0.1, 0.15) is 0 Å². The van der Waals surface area contributed by atoms with E-state index in [1.807, 2.05) is 25.1 Å². The summed E-state index contributed by atoms with van der Waals surface area (Å²) in [5.74, 6) is 0.216. The van der Waals surface area contributed by atoms with Gasteiger partial charge in [-0.25, -0.2) is 4.79 Å². The molecule has 0 aliphatic carbocycles. The van der Waals surface area contributed by atoms with E-state index in [0.29, 0.717) is 12.2 Å². The van der Waals surface area contributed by atoms with Crippen LogP contribution in [-0.2, 0) is 9.68 Å². The Hall–Kier alpha value is -1.51. The SMILES string of the molecule is CCCCC(=O)OOc1ccccc1. The number of hydrogen-bond donors (Lipinski definition) is 0. The minimum Gasteiger partial charge on any atom is -0.287 e. The van der Waals surface area contributed by atoms with Crippen LogP contribution in [0.15, 0.2) is 30.3 Å². The van der Waals surface area contributed by atoms with Gasteiger partial charge < -0.3 is 0 Å². The van der Waals surface area contributed by atoms with Crippen LogP contribution in [0.1, 0.15) is 26.2 Å². The third kappa shape index (κ3) is 3.94. The number of benzene rings is 1. The average Bonchev–Trinajstić information content (AvgIpc) is 2.25. The second kappa shape index (κ2) is 6.02. The average molecular weight is 194 g/mol. The molecule has 0 fully saturated rings. The van der Waals surface area contributed by atoms with Crippen LogP contribution in [0.4, 0.5) is 0 Å². The molecular weight excluding hydrogens is 180 g/mol. The molecule has 1 aromatic carbocycles. The van der Waals surface area contributed by atoms with Crippen LogP contribution in [0.3, 0.4) is 0 Å². The van der Waals surface area contributed by atoms with Crippen molar-refractivity contribution in [3.8, 4) is 5.75 Å². The summed E-state index contributed by atoms with van der Waals surface area (Å²) in [6.45, 7) is 2.02. The molecule has 0 bridgehead atoms. The van der Waals surface area contributed by atoms with Gasteiger partial charge >= 0.3 is 5.97 Å². The first kappa shape index (κ1) is 10.6. The van der Waals surface area contributed by atoms with Gasteiger partial charge in [0.15, 0.2) is 5.75 Å². The van der Waals surface area contributed by atoms with Gasteiger partial charge in [-0.3, -0.25) is 9.78 Å². The summed E-state index contributed by atoms with van der Waals surface area (Å²) in [5, 5.41) is 0. The van der Waals surface area contributed by atoms with Crippen molar-refractivity contribution in [1.82, 2.24) is 0 Å². The zero-order valence-corrected chi connectivity index (χ0v) is 8.23. The van der Waals surface area contributed by atoms with E-state index in [4.69, 9.17) is 4.89 Å². The highest BCUT2D eigenvalue weighted by molar-refractivity contribution is 5.68. The Balaban J connectivity index is 2.24. The monoisotopic (exact) mass is 194 g/mol. The largest absolute Gasteiger partial charge is 0.355 e. The van der Waals surface area contributed by atoms with Crippen molar-refractivity contribution in [2.75, 3.05) is 0 Å². The highest BCUT2D eigenvalue weighted by atomic mass is 17.2. The molecule has 0 heterocycles. The summed E-state index contributed by atoms with van der Waals surface area (Å²) in [5.41, 5.74) is 0. The van der Waals surface area contributed by atoms with Crippen molar-refractivity contribution in [1.29, 1.82) is 0 Å². The zero-order valence-electron chi connectivity index (χ0n) is 8.23. The Kier molecular flexibility index (Phi) is 4.55. The Morgan fingerprint density at radius 2 is 2.00 bits per heavy atom. The van der Waals surface area contributed by atoms with Crippen LogP contribution in [0.25, 0.3) is 0 Å². The molecule has 1 rings (SSSR count). The molecule has 0 radical (unpaired) electrons. The van der Waals surface area contributed by atoms with E-state index in [2.05, 4.69) is 4.89 Å².